The number of rotatable bonds is 24. The lowest BCUT2D eigenvalue weighted by atomic mass is 9.84. The third-order valence-corrected chi connectivity index (χ3v) is 19.4. The molecule has 1 aliphatic rings. The summed E-state index contributed by atoms with van der Waals surface area (Å²) < 4.78 is -1.20. The van der Waals surface area contributed by atoms with Crippen LogP contribution < -0.4 is 27.4 Å². The van der Waals surface area contributed by atoms with Gasteiger partial charge in [0, 0.05) is 76.7 Å². The van der Waals surface area contributed by atoms with Crippen molar-refractivity contribution in [2.45, 2.75) is 27.1 Å². The molecule has 3 amide bonds. The lowest BCUT2D eigenvalue weighted by Crippen LogP contribution is -2.46. The van der Waals surface area contributed by atoms with Crippen molar-refractivity contribution in [2.24, 2.45) is 11.5 Å². The van der Waals surface area contributed by atoms with Gasteiger partial charge in [-0.3, -0.25) is 14.4 Å². The molecule has 0 unspecified atom stereocenters. The molecular formula is C73H78N6O3S3. The van der Waals surface area contributed by atoms with Gasteiger partial charge in [0.2, 0.25) is 17.7 Å². The van der Waals surface area contributed by atoms with Crippen LogP contribution in [0, 0.1) is 0 Å². The molecule has 0 atom stereocenters. The summed E-state index contributed by atoms with van der Waals surface area (Å²) in [6.07, 6.45) is 1.01. The summed E-state index contributed by atoms with van der Waals surface area (Å²) in [5, 5.41) is 9.05. The van der Waals surface area contributed by atoms with Crippen molar-refractivity contribution >= 4 is 53.0 Å². The van der Waals surface area contributed by atoms with Crippen molar-refractivity contribution in [3.63, 3.8) is 0 Å². The van der Waals surface area contributed by atoms with Crippen LogP contribution in [0.2, 0.25) is 0 Å². The molecule has 436 valence electrons. The molecule has 0 radical (unpaired) electrons. The maximum absolute atomic E-state index is 12.8. The number of nitrogens with two attached hydrogens (primary N) is 2. The van der Waals surface area contributed by atoms with Gasteiger partial charge in [-0.1, -0.05) is 273 Å². The van der Waals surface area contributed by atoms with E-state index < -0.39 is 4.75 Å². The van der Waals surface area contributed by atoms with Gasteiger partial charge in [-0.15, -0.1) is 35.3 Å². The Labute approximate surface area is 516 Å². The zero-order valence-electron chi connectivity index (χ0n) is 48.2. The third kappa shape index (κ3) is 16.8. The molecule has 12 heteroatoms. The van der Waals surface area contributed by atoms with E-state index in [1.165, 1.54) is 33.4 Å². The Balaban J connectivity index is 0.000000166. The number of thioether (sulfide) groups is 3. The molecule has 0 aromatic heterocycles. The molecule has 0 saturated carbocycles. The minimum absolute atomic E-state index is 0.00221. The second-order valence-corrected chi connectivity index (χ2v) is 24.0. The van der Waals surface area contributed by atoms with Gasteiger partial charge in [0.15, 0.2) is 0 Å². The Morgan fingerprint density at radius 3 is 0.882 bits per heavy atom. The van der Waals surface area contributed by atoms with E-state index in [0.29, 0.717) is 50.5 Å². The summed E-state index contributed by atoms with van der Waals surface area (Å²) in [5.74, 6) is 2.11. The molecule has 1 fully saturated rings. The minimum Gasteiger partial charge on any atom is -0.355 e. The highest BCUT2D eigenvalue weighted by Gasteiger charge is 2.40. The van der Waals surface area contributed by atoms with Gasteiger partial charge >= 0.3 is 0 Å². The number of nitrogens with one attached hydrogen (secondary N) is 3. The van der Waals surface area contributed by atoms with Crippen LogP contribution in [0.1, 0.15) is 62.9 Å². The van der Waals surface area contributed by atoms with Crippen LogP contribution in [0.4, 0.5) is 0 Å². The van der Waals surface area contributed by atoms with Crippen LogP contribution in [0.15, 0.2) is 273 Å². The number of carbonyl (C=O) groups is 3. The van der Waals surface area contributed by atoms with Crippen molar-refractivity contribution in [3.05, 3.63) is 323 Å². The zero-order chi connectivity index (χ0) is 59.3. The maximum Gasteiger partial charge on any atom is 0.230 e. The topological polar surface area (TPSA) is 143 Å². The van der Waals surface area contributed by atoms with Gasteiger partial charge in [0.25, 0.3) is 0 Å². The van der Waals surface area contributed by atoms with E-state index in [4.69, 9.17) is 11.5 Å². The molecule has 7 N–H and O–H groups in total. The van der Waals surface area contributed by atoms with Crippen molar-refractivity contribution in [2.75, 3.05) is 69.6 Å². The lowest BCUT2D eigenvalue weighted by molar-refractivity contribution is -0.131. The van der Waals surface area contributed by atoms with Gasteiger partial charge < -0.3 is 32.3 Å². The summed E-state index contributed by atoms with van der Waals surface area (Å²) in [5.41, 5.74) is 21.8. The quantitative estimate of drug-likeness (QED) is 0.0374. The fraction of sp³-hybridized carbons (Fsp3) is 0.219. The fourth-order valence-electron chi connectivity index (χ4n) is 10.7. The number of amides is 3. The molecular weight excluding hydrogens is 1110 g/mol. The maximum atomic E-state index is 12.8. The summed E-state index contributed by atoms with van der Waals surface area (Å²) >= 11 is 5.29. The number of benzene rings is 9. The predicted octanol–water partition coefficient (Wildman–Crippen LogP) is 12.5. The summed E-state index contributed by atoms with van der Waals surface area (Å²) in [6, 6.07) is 94.6. The average molecular weight is 1180 g/mol. The van der Waals surface area contributed by atoms with Crippen molar-refractivity contribution in [1.29, 1.82) is 0 Å². The monoisotopic (exact) mass is 1180 g/mol. The fourth-order valence-corrected chi connectivity index (χ4v) is 15.1. The Morgan fingerprint density at radius 2 is 0.612 bits per heavy atom. The molecule has 1 heterocycles. The molecule has 0 spiro atoms. The summed E-state index contributed by atoms with van der Waals surface area (Å²) in [7, 11) is 0. The highest BCUT2D eigenvalue weighted by Crippen LogP contribution is 2.51. The van der Waals surface area contributed by atoms with E-state index in [0.717, 1.165) is 48.6 Å². The first-order valence-electron chi connectivity index (χ1n) is 29.2. The van der Waals surface area contributed by atoms with E-state index in [1.807, 2.05) is 89.5 Å². The van der Waals surface area contributed by atoms with Gasteiger partial charge in [0.1, 0.15) is 0 Å². The van der Waals surface area contributed by atoms with Crippen molar-refractivity contribution in [3.8, 4) is 0 Å². The van der Waals surface area contributed by atoms with E-state index >= 15 is 0 Å². The van der Waals surface area contributed by atoms with Crippen LogP contribution in [0.3, 0.4) is 0 Å². The smallest absolute Gasteiger partial charge is 0.230 e. The SMILES string of the molecule is NCCNC(=O)CCSC(c1ccccc1)(c1ccccc1)c1ccccc1.NCCNC(=O)CSC(c1ccccc1)(c1ccccc1)c1ccccc1.O=C(CCSC(c1ccccc1)(c1ccccc1)c1ccccc1)N1CCNCC1. The number of carbonyl (C=O) groups excluding carboxylic acids is 3. The Morgan fingerprint density at radius 1 is 0.365 bits per heavy atom. The van der Waals surface area contributed by atoms with Crippen LogP contribution in [0.5, 0.6) is 0 Å². The Bertz CT molecular complexity index is 3050. The second-order valence-electron chi connectivity index (χ2n) is 20.2. The van der Waals surface area contributed by atoms with E-state index in [2.05, 4.69) is 216 Å². The highest BCUT2D eigenvalue weighted by atomic mass is 32.2. The van der Waals surface area contributed by atoms with E-state index in [9.17, 15) is 14.4 Å². The van der Waals surface area contributed by atoms with Crippen LogP contribution in [0.25, 0.3) is 0 Å². The van der Waals surface area contributed by atoms with Crippen molar-refractivity contribution < 1.29 is 14.4 Å². The molecule has 9 nitrogen and oxygen atoms in total. The van der Waals surface area contributed by atoms with Gasteiger partial charge in [-0.2, -0.15) is 0 Å². The summed E-state index contributed by atoms with van der Waals surface area (Å²) in [4.78, 5) is 39.2. The van der Waals surface area contributed by atoms with Crippen LogP contribution in [-0.2, 0) is 28.6 Å². The molecule has 9 aromatic carbocycles. The summed E-state index contributed by atoms with van der Waals surface area (Å²) in [6.45, 7) is 5.31. The molecule has 0 aliphatic carbocycles. The third-order valence-electron chi connectivity index (χ3n) is 14.7. The Kier molecular flexibility index (Phi) is 25.1. The van der Waals surface area contributed by atoms with E-state index in [-0.39, 0.29) is 27.2 Å². The van der Waals surface area contributed by atoms with Gasteiger partial charge in [-0.25, -0.2) is 0 Å². The average Bonchev–Trinajstić information content (AvgIpc) is 3.53. The molecule has 1 saturated heterocycles. The first-order valence-corrected chi connectivity index (χ1v) is 32.1. The van der Waals surface area contributed by atoms with E-state index in [1.54, 1.807) is 23.5 Å². The standard InChI is InChI=1S/C26H28N2OS.C24H26N2OS.C23H24N2OS/c29-25(28-19-17-27-18-20-28)16-21-30-26(22-10-4-1-5-11-22,23-12-6-2-7-13-23)24-14-8-3-9-15-24;25-17-18-26-23(27)16-19-28-24(20-10-4-1-5-11-20,21-12-6-2-7-13-21)22-14-8-3-9-15-22;24-16-17-25-22(26)18-27-23(19-10-4-1-5-11-19,20-12-6-2-7-13-20)21-14-8-3-9-15-21/h1-15,27H,16-21H2;1-15H,16-19,25H2,(H,26,27);1-15H,16-18,24H2,(H,25,26). The number of hydrogen-bond donors (Lipinski definition) is 5. The lowest BCUT2D eigenvalue weighted by Gasteiger charge is -2.36. The molecule has 10 rings (SSSR count). The van der Waals surface area contributed by atoms with Crippen LogP contribution in [-0.4, -0.2) is 92.2 Å². The molecule has 0 bridgehead atoms. The number of hydrogen-bond acceptors (Lipinski definition) is 9. The molecule has 9 aromatic rings. The second kappa shape index (κ2) is 33.7. The Hall–Kier alpha value is -7.68. The van der Waals surface area contributed by atoms with Gasteiger partial charge in [0.05, 0.1) is 20.0 Å². The highest BCUT2D eigenvalue weighted by molar-refractivity contribution is 8.01. The van der Waals surface area contributed by atoms with Gasteiger partial charge in [-0.05, 0) is 50.1 Å². The zero-order valence-corrected chi connectivity index (χ0v) is 50.7. The predicted molar refractivity (Wildman–Crippen MR) is 358 cm³/mol. The number of nitrogens with zero attached hydrogens (tertiary/aromatic N) is 1. The largest absolute Gasteiger partial charge is 0.355 e. The minimum atomic E-state index is -0.468. The van der Waals surface area contributed by atoms with Crippen molar-refractivity contribution in [1.82, 2.24) is 20.9 Å². The first kappa shape index (κ1) is 63.3. The first-order chi connectivity index (χ1) is 41.8. The molecule has 85 heavy (non-hydrogen) atoms. The normalized spacial score (nSPS) is 12.3. The van der Waals surface area contributed by atoms with Crippen LogP contribution >= 0.6 is 35.3 Å². The molecule has 1 aliphatic heterocycles. The number of piperazine rings is 1.